The molecule has 134 valence electrons. The second-order valence-corrected chi connectivity index (χ2v) is 5.92. The summed E-state index contributed by atoms with van der Waals surface area (Å²) in [7, 11) is 0. The van der Waals surface area contributed by atoms with E-state index < -0.39 is 11.9 Å². The number of hydrogen-bond acceptors (Lipinski definition) is 4. The maximum atomic E-state index is 12.8. The van der Waals surface area contributed by atoms with Gasteiger partial charge in [0.05, 0.1) is 17.3 Å². The van der Waals surface area contributed by atoms with Crippen molar-refractivity contribution in [3.8, 4) is 0 Å². The Morgan fingerprint density at radius 3 is 2.46 bits per heavy atom. The largest absolute Gasteiger partial charge is 0.463 e. The van der Waals surface area contributed by atoms with Crippen LogP contribution in [-0.4, -0.2) is 24.3 Å². The first kappa shape index (κ1) is 19.7. The van der Waals surface area contributed by atoms with E-state index in [1.165, 1.54) is 18.2 Å². The van der Waals surface area contributed by atoms with E-state index in [-0.39, 0.29) is 34.2 Å². The third-order valence-corrected chi connectivity index (χ3v) is 3.82. The van der Waals surface area contributed by atoms with E-state index in [1.807, 2.05) is 0 Å². The minimum absolute atomic E-state index is 0.184. The van der Waals surface area contributed by atoms with Crippen LogP contribution in [0.25, 0.3) is 0 Å². The smallest absolute Gasteiger partial charge is 0.330 e. The molecular weight excluding hydrogens is 377 g/mol. The Kier molecular flexibility index (Phi) is 6.95. The van der Waals surface area contributed by atoms with Crippen LogP contribution in [0.2, 0.25) is 10.0 Å². The van der Waals surface area contributed by atoms with Gasteiger partial charge in [0.1, 0.15) is 0 Å². The molecule has 0 fully saturated rings. The molecule has 0 bridgehead atoms. The van der Waals surface area contributed by atoms with E-state index in [4.69, 9.17) is 27.9 Å². The number of amides is 1. The molecule has 2 aromatic rings. The number of carbonyl (C=O) groups excluding carboxylic acids is 3. The Hall–Kier alpha value is -2.63. The van der Waals surface area contributed by atoms with E-state index in [0.717, 1.165) is 12.2 Å². The van der Waals surface area contributed by atoms with Crippen molar-refractivity contribution in [3.05, 3.63) is 75.8 Å². The number of anilines is 1. The Morgan fingerprint density at radius 1 is 1.04 bits per heavy atom. The molecule has 0 spiro atoms. The van der Waals surface area contributed by atoms with Crippen LogP contribution >= 0.6 is 23.2 Å². The standard InChI is InChI=1S/C19H15Cl2NO4/c1-2-26-18(24)10-9-17(23)22-16-8-7-12(20)11-14(16)19(25)13-5-3-4-6-15(13)21/h3-11H,2H2,1H3,(H,22,23). The minimum atomic E-state index is -0.633. The van der Waals surface area contributed by atoms with Gasteiger partial charge in [0, 0.05) is 28.3 Å². The molecule has 26 heavy (non-hydrogen) atoms. The molecule has 0 radical (unpaired) electrons. The summed E-state index contributed by atoms with van der Waals surface area (Å²) in [6, 6.07) is 11.1. The minimum Gasteiger partial charge on any atom is -0.463 e. The molecule has 0 atom stereocenters. The molecule has 0 heterocycles. The van der Waals surface area contributed by atoms with Crippen LogP contribution < -0.4 is 5.32 Å². The molecule has 0 saturated carbocycles. The fourth-order valence-electron chi connectivity index (χ4n) is 2.11. The zero-order valence-electron chi connectivity index (χ0n) is 13.8. The quantitative estimate of drug-likeness (QED) is 0.453. The molecule has 7 heteroatoms. The maximum Gasteiger partial charge on any atom is 0.330 e. The number of hydrogen-bond donors (Lipinski definition) is 1. The highest BCUT2D eigenvalue weighted by Crippen LogP contribution is 2.26. The highest BCUT2D eigenvalue weighted by Gasteiger charge is 2.17. The van der Waals surface area contributed by atoms with Crippen LogP contribution in [-0.2, 0) is 14.3 Å². The third-order valence-electron chi connectivity index (χ3n) is 3.26. The number of rotatable bonds is 6. The van der Waals surface area contributed by atoms with Crippen LogP contribution in [0, 0.1) is 0 Å². The summed E-state index contributed by atoms with van der Waals surface area (Å²) in [4.78, 5) is 36.1. The van der Waals surface area contributed by atoms with Gasteiger partial charge >= 0.3 is 5.97 Å². The van der Waals surface area contributed by atoms with Crippen LogP contribution in [0.1, 0.15) is 22.8 Å². The van der Waals surface area contributed by atoms with Gasteiger partial charge < -0.3 is 10.1 Å². The average Bonchev–Trinajstić information content (AvgIpc) is 2.61. The van der Waals surface area contributed by atoms with Crippen LogP contribution in [0.4, 0.5) is 5.69 Å². The number of ketones is 1. The summed E-state index contributed by atoms with van der Waals surface area (Å²) >= 11 is 12.1. The summed E-state index contributed by atoms with van der Waals surface area (Å²) in [5.41, 5.74) is 0.718. The highest BCUT2D eigenvalue weighted by atomic mass is 35.5. The van der Waals surface area contributed by atoms with Gasteiger partial charge in [0.15, 0.2) is 5.78 Å². The average molecular weight is 392 g/mol. The molecule has 1 N–H and O–H groups in total. The molecule has 0 aliphatic heterocycles. The van der Waals surface area contributed by atoms with Gasteiger partial charge in [-0.2, -0.15) is 0 Å². The van der Waals surface area contributed by atoms with Gasteiger partial charge in [0.2, 0.25) is 5.91 Å². The topological polar surface area (TPSA) is 72.5 Å². The summed E-state index contributed by atoms with van der Waals surface area (Å²) in [6.45, 7) is 1.87. The van der Waals surface area contributed by atoms with E-state index in [0.29, 0.717) is 5.02 Å². The van der Waals surface area contributed by atoms with E-state index in [1.54, 1.807) is 31.2 Å². The number of halogens is 2. The first-order valence-corrected chi connectivity index (χ1v) is 8.42. The van der Waals surface area contributed by atoms with Crippen LogP contribution in [0.15, 0.2) is 54.6 Å². The van der Waals surface area contributed by atoms with Crippen molar-refractivity contribution in [3.63, 3.8) is 0 Å². The summed E-state index contributed by atoms with van der Waals surface area (Å²) in [5.74, 6) is -1.61. The fourth-order valence-corrected chi connectivity index (χ4v) is 2.51. The lowest BCUT2D eigenvalue weighted by Crippen LogP contribution is -2.13. The number of esters is 1. The highest BCUT2D eigenvalue weighted by molar-refractivity contribution is 6.36. The second kappa shape index (κ2) is 9.17. The molecular formula is C19H15Cl2NO4. The predicted octanol–water partition coefficient (Wildman–Crippen LogP) is 4.28. The summed E-state index contributed by atoms with van der Waals surface area (Å²) < 4.78 is 4.70. The molecule has 0 aromatic heterocycles. The Labute approximate surface area is 160 Å². The first-order valence-electron chi connectivity index (χ1n) is 7.67. The molecule has 2 aromatic carbocycles. The Morgan fingerprint density at radius 2 is 1.77 bits per heavy atom. The zero-order valence-corrected chi connectivity index (χ0v) is 15.3. The van der Waals surface area contributed by atoms with Gasteiger partial charge in [-0.3, -0.25) is 9.59 Å². The van der Waals surface area contributed by atoms with Gasteiger partial charge in [-0.25, -0.2) is 4.79 Å². The zero-order chi connectivity index (χ0) is 19.1. The van der Waals surface area contributed by atoms with Crippen molar-refractivity contribution < 1.29 is 19.1 Å². The summed E-state index contributed by atoms with van der Waals surface area (Å²) in [6.07, 6.45) is 2.03. The summed E-state index contributed by atoms with van der Waals surface area (Å²) in [5, 5.41) is 3.17. The van der Waals surface area contributed by atoms with E-state index in [2.05, 4.69) is 5.32 Å². The lowest BCUT2D eigenvalue weighted by atomic mass is 10.0. The monoisotopic (exact) mass is 391 g/mol. The van der Waals surface area contributed by atoms with Crippen molar-refractivity contribution in [1.29, 1.82) is 0 Å². The van der Waals surface area contributed by atoms with Gasteiger partial charge in [-0.15, -0.1) is 0 Å². The lowest BCUT2D eigenvalue weighted by molar-refractivity contribution is -0.137. The Bertz CT molecular complexity index is 878. The van der Waals surface area contributed by atoms with E-state index in [9.17, 15) is 14.4 Å². The predicted molar refractivity (Wildman–Crippen MR) is 101 cm³/mol. The van der Waals surface area contributed by atoms with Crippen LogP contribution in [0.3, 0.4) is 0 Å². The molecule has 0 unspecified atom stereocenters. The SMILES string of the molecule is CCOC(=O)C=CC(=O)Nc1ccc(Cl)cc1C(=O)c1ccccc1Cl. The molecule has 0 aliphatic carbocycles. The normalized spacial score (nSPS) is 10.6. The molecule has 1 amide bonds. The van der Waals surface area contributed by atoms with Crippen molar-refractivity contribution in [1.82, 2.24) is 0 Å². The number of benzene rings is 2. The van der Waals surface area contributed by atoms with Gasteiger partial charge in [-0.05, 0) is 37.3 Å². The Balaban J connectivity index is 2.28. The van der Waals surface area contributed by atoms with Gasteiger partial charge in [-0.1, -0.05) is 35.3 Å². The number of nitrogens with one attached hydrogen (secondary N) is 1. The lowest BCUT2D eigenvalue weighted by Gasteiger charge is -2.11. The molecule has 2 rings (SSSR count). The van der Waals surface area contributed by atoms with Crippen molar-refractivity contribution >= 4 is 46.5 Å². The van der Waals surface area contributed by atoms with Crippen LogP contribution in [0.5, 0.6) is 0 Å². The number of carbonyl (C=O) groups is 3. The van der Waals surface area contributed by atoms with Crippen molar-refractivity contribution in [2.45, 2.75) is 6.92 Å². The van der Waals surface area contributed by atoms with E-state index >= 15 is 0 Å². The van der Waals surface area contributed by atoms with Gasteiger partial charge in [0.25, 0.3) is 0 Å². The first-order chi connectivity index (χ1) is 12.4. The van der Waals surface area contributed by atoms with Crippen molar-refractivity contribution in [2.75, 3.05) is 11.9 Å². The molecule has 5 nitrogen and oxygen atoms in total. The number of ether oxygens (including phenoxy) is 1. The third kappa shape index (κ3) is 5.18. The molecule has 0 saturated heterocycles. The maximum absolute atomic E-state index is 12.8. The van der Waals surface area contributed by atoms with Crippen molar-refractivity contribution in [2.24, 2.45) is 0 Å². The fraction of sp³-hybridized carbons (Fsp3) is 0.105. The second-order valence-electron chi connectivity index (χ2n) is 5.07. The molecule has 0 aliphatic rings.